The van der Waals surface area contributed by atoms with Crippen LogP contribution in [0.4, 0.5) is 5.13 Å². The summed E-state index contributed by atoms with van der Waals surface area (Å²) in [6.07, 6.45) is 4.82. The van der Waals surface area contributed by atoms with Gasteiger partial charge >= 0.3 is 0 Å². The smallest absolute Gasteiger partial charge is 0.229 e. The Morgan fingerprint density at radius 2 is 2.35 bits per heavy atom. The molecule has 1 unspecified atom stereocenters. The zero-order valence-electron chi connectivity index (χ0n) is 11.5. The van der Waals surface area contributed by atoms with Crippen LogP contribution in [-0.2, 0) is 11.2 Å². The molecule has 0 aromatic carbocycles. The molecule has 1 saturated heterocycles. The maximum atomic E-state index is 11.9. The van der Waals surface area contributed by atoms with Crippen molar-refractivity contribution in [3.8, 4) is 0 Å². The Kier molecular flexibility index (Phi) is 5.31. The highest BCUT2D eigenvalue weighted by Crippen LogP contribution is 2.28. The Morgan fingerprint density at radius 1 is 1.50 bits per heavy atom. The first kappa shape index (κ1) is 14.7. The highest BCUT2D eigenvalue weighted by Gasteiger charge is 2.32. The second-order valence-electron chi connectivity index (χ2n) is 4.92. The average Bonchev–Trinajstić information content (AvgIpc) is 3.03. The third-order valence-electron chi connectivity index (χ3n) is 3.29. The fourth-order valence-corrected chi connectivity index (χ4v) is 3.13. The molecule has 0 bridgehead atoms. The molecule has 1 aliphatic heterocycles. The van der Waals surface area contributed by atoms with Gasteiger partial charge in [-0.1, -0.05) is 36.2 Å². The number of unbranched alkanes of at least 4 members (excludes halogenated alkanes) is 2. The van der Waals surface area contributed by atoms with Crippen molar-refractivity contribution in [2.24, 2.45) is 11.0 Å². The summed E-state index contributed by atoms with van der Waals surface area (Å²) in [5.74, 6) is 0.130. The number of rotatable bonds is 7. The summed E-state index contributed by atoms with van der Waals surface area (Å²) >= 11 is 1.49. The van der Waals surface area contributed by atoms with Gasteiger partial charge in [-0.15, -0.1) is 10.2 Å². The van der Waals surface area contributed by atoms with Crippen molar-refractivity contribution in [3.05, 3.63) is 15.5 Å². The summed E-state index contributed by atoms with van der Waals surface area (Å²) in [6, 6.07) is 0. The van der Waals surface area contributed by atoms with Crippen LogP contribution in [-0.4, -0.2) is 29.2 Å². The summed E-state index contributed by atoms with van der Waals surface area (Å²) < 4.78 is 0. The van der Waals surface area contributed by atoms with Gasteiger partial charge in [0.1, 0.15) is 5.01 Å². The molecule has 1 aromatic heterocycles. The number of hydrogen-bond acceptors (Lipinski definition) is 5. The van der Waals surface area contributed by atoms with Crippen LogP contribution in [0.15, 0.2) is 5.11 Å². The van der Waals surface area contributed by atoms with Gasteiger partial charge in [0.2, 0.25) is 11.0 Å². The van der Waals surface area contributed by atoms with Crippen LogP contribution in [0.5, 0.6) is 0 Å². The number of nitrogens with zero attached hydrogens (tertiary/aromatic N) is 6. The summed E-state index contributed by atoms with van der Waals surface area (Å²) in [5, 5.41) is 13.5. The van der Waals surface area contributed by atoms with Gasteiger partial charge in [0.25, 0.3) is 0 Å². The van der Waals surface area contributed by atoms with E-state index in [1.807, 2.05) is 0 Å². The summed E-state index contributed by atoms with van der Waals surface area (Å²) in [4.78, 5) is 16.4. The van der Waals surface area contributed by atoms with E-state index < -0.39 is 0 Å². The summed E-state index contributed by atoms with van der Waals surface area (Å²) in [6.45, 7) is 3.10. The van der Waals surface area contributed by atoms with Crippen molar-refractivity contribution >= 4 is 22.4 Å². The predicted molar refractivity (Wildman–Crippen MR) is 77.6 cm³/mol. The topological polar surface area (TPSA) is 94.8 Å². The normalized spacial score (nSPS) is 18.4. The van der Waals surface area contributed by atoms with Crippen LogP contribution >= 0.6 is 11.3 Å². The lowest BCUT2D eigenvalue weighted by Gasteiger charge is -2.10. The Labute approximate surface area is 121 Å². The number of aromatic nitrogens is 2. The lowest BCUT2D eigenvalue weighted by atomic mass is 10.1. The van der Waals surface area contributed by atoms with Crippen LogP contribution < -0.4 is 4.90 Å². The van der Waals surface area contributed by atoms with Crippen molar-refractivity contribution in [2.45, 2.75) is 39.0 Å². The van der Waals surface area contributed by atoms with E-state index in [0.717, 1.165) is 17.8 Å². The molecule has 1 aliphatic rings. The van der Waals surface area contributed by atoms with Crippen LogP contribution in [0.25, 0.3) is 10.4 Å². The Balaban J connectivity index is 1.94. The zero-order chi connectivity index (χ0) is 14.4. The van der Waals surface area contributed by atoms with Crippen molar-refractivity contribution < 1.29 is 4.79 Å². The quantitative estimate of drug-likeness (QED) is 0.335. The number of aryl methyl sites for hydroxylation is 1. The van der Waals surface area contributed by atoms with Crippen molar-refractivity contribution in [3.63, 3.8) is 0 Å². The zero-order valence-corrected chi connectivity index (χ0v) is 12.3. The molecule has 8 heteroatoms. The molecule has 1 aromatic rings. The molecule has 2 heterocycles. The van der Waals surface area contributed by atoms with Gasteiger partial charge in [-0.25, -0.2) is 0 Å². The lowest BCUT2D eigenvalue weighted by molar-refractivity contribution is -0.117. The summed E-state index contributed by atoms with van der Waals surface area (Å²) in [7, 11) is 0. The molecule has 20 heavy (non-hydrogen) atoms. The Bertz CT molecular complexity index is 510. The van der Waals surface area contributed by atoms with Gasteiger partial charge in [0.05, 0.1) is 0 Å². The van der Waals surface area contributed by atoms with Gasteiger partial charge in [-0.05, 0) is 17.9 Å². The highest BCUT2D eigenvalue weighted by atomic mass is 32.1. The van der Waals surface area contributed by atoms with Crippen LogP contribution in [0.3, 0.4) is 0 Å². The minimum absolute atomic E-state index is 0.0411. The maximum absolute atomic E-state index is 11.9. The van der Waals surface area contributed by atoms with Gasteiger partial charge in [-0.3, -0.25) is 9.69 Å². The second-order valence-corrected chi connectivity index (χ2v) is 5.96. The molecule has 1 fully saturated rings. The Hall–Kier alpha value is -1.66. The van der Waals surface area contributed by atoms with E-state index in [2.05, 4.69) is 27.1 Å². The minimum Gasteiger partial charge on any atom is -0.286 e. The molecular formula is C12H18N6OS. The third-order valence-corrected chi connectivity index (χ3v) is 4.30. The van der Waals surface area contributed by atoms with E-state index in [0.29, 0.717) is 24.6 Å². The molecular weight excluding hydrogens is 276 g/mol. The fraction of sp³-hybridized carbons (Fsp3) is 0.750. The van der Waals surface area contributed by atoms with E-state index in [1.165, 1.54) is 24.2 Å². The third kappa shape index (κ3) is 3.68. The van der Waals surface area contributed by atoms with Crippen molar-refractivity contribution in [1.82, 2.24) is 10.2 Å². The molecule has 7 nitrogen and oxygen atoms in total. The van der Waals surface area contributed by atoms with E-state index in [-0.39, 0.29) is 11.8 Å². The number of carbonyl (C=O) groups excluding carboxylic acids is 1. The lowest BCUT2D eigenvalue weighted by Crippen LogP contribution is -2.24. The fourth-order valence-electron chi connectivity index (χ4n) is 2.22. The van der Waals surface area contributed by atoms with Crippen molar-refractivity contribution in [1.29, 1.82) is 0 Å². The molecule has 0 N–H and O–H groups in total. The summed E-state index contributed by atoms with van der Waals surface area (Å²) in [5.41, 5.74) is 8.32. The number of anilines is 1. The van der Waals surface area contributed by atoms with Crippen LogP contribution in [0.2, 0.25) is 0 Å². The van der Waals surface area contributed by atoms with E-state index in [1.54, 1.807) is 4.90 Å². The molecule has 1 atom stereocenters. The van der Waals surface area contributed by atoms with Gasteiger partial charge < -0.3 is 0 Å². The molecule has 2 rings (SSSR count). The molecule has 0 spiro atoms. The van der Waals surface area contributed by atoms with Gasteiger partial charge in [0, 0.05) is 30.8 Å². The minimum atomic E-state index is 0.0411. The number of azide groups is 1. The van der Waals surface area contributed by atoms with E-state index in [4.69, 9.17) is 5.53 Å². The molecule has 0 aliphatic carbocycles. The first-order chi connectivity index (χ1) is 9.74. The molecule has 0 radical (unpaired) electrons. The average molecular weight is 294 g/mol. The molecule has 108 valence electrons. The van der Waals surface area contributed by atoms with Gasteiger partial charge in [-0.2, -0.15) is 0 Å². The van der Waals surface area contributed by atoms with E-state index in [9.17, 15) is 4.79 Å². The van der Waals surface area contributed by atoms with Crippen molar-refractivity contribution in [2.75, 3.05) is 18.0 Å². The monoisotopic (exact) mass is 294 g/mol. The maximum Gasteiger partial charge on any atom is 0.229 e. The number of hydrogen-bond donors (Lipinski definition) is 0. The number of carbonyl (C=O) groups is 1. The van der Waals surface area contributed by atoms with Crippen LogP contribution in [0, 0.1) is 5.92 Å². The molecule has 1 amide bonds. The SMILES string of the molecule is CCCCCc1nnc(N2CC(CN=[N+]=[N-])CC2=O)s1. The first-order valence-electron chi connectivity index (χ1n) is 6.88. The molecule has 0 saturated carbocycles. The predicted octanol–water partition coefficient (Wildman–Crippen LogP) is 2.93. The largest absolute Gasteiger partial charge is 0.286 e. The van der Waals surface area contributed by atoms with Crippen LogP contribution in [0.1, 0.15) is 37.6 Å². The van der Waals surface area contributed by atoms with E-state index >= 15 is 0 Å². The second kappa shape index (κ2) is 7.21. The first-order valence-corrected chi connectivity index (χ1v) is 7.69. The Morgan fingerprint density at radius 3 is 3.10 bits per heavy atom. The standard InChI is InChI=1S/C12H18N6OS/c1-2-3-4-5-10-15-16-12(20-10)18-8-9(6-11(18)19)7-14-17-13/h9H,2-8H2,1H3. The highest BCUT2D eigenvalue weighted by molar-refractivity contribution is 7.15. The number of amides is 1. The van der Waals surface area contributed by atoms with Gasteiger partial charge in [0.15, 0.2) is 0 Å².